The smallest absolute Gasteiger partial charge is 0.319 e. The molecule has 1 aromatic heterocycles. The van der Waals surface area contributed by atoms with Gasteiger partial charge in [0.1, 0.15) is 0 Å². The first kappa shape index (κ1) is 18.5. The largest absolute Gasteiger partial charge is 0.481 e. The van der Waals surface area contributed by atoms with Gasteiger partial charge in [0.2, 0.25) is 5.88 Å². The molecule has 0 aliphatic carbocycles. The quantitative estimate of drug-likeness (QED) is 0.847. The van der Waals surface area contributed by atoms with Crippen LogP contribution in [0.2, 0.25) is 5.02 Å². The molecule has 0 amide bonds. The molecule has 2 fully saturated rings. The number of aliphatic hydroxyl groups is 1. The van der Waals surface area contributed by atoms with Gasteiger partial charge in [-0.15, -0.1) is 0 Å². The van der Waals surface area contributed by atoms with Gasteiger partial charge in [0.15, 0.2) is 0 Å². The number of rotatable bonds is 5. The number of fused-ring (bicyclic) bond motifs is 2. The van der Waals surface area contributed by atoms with Crippen molar-refractivity contribution in [3.8, 4) is 11.9 Å². The third-order valence-corrected chi connectivity index (χ3v) is 6.02. The monoisotopic (exact) mass is 389 g/mol. The Hall–Kier alpha value is -1.89. The van der Waals surface area contributed by atoms with Gasteiger partial charge in [-0.25, -0.2) is 4.98 Å². The molecule has 2 atom stereocenters. The molecule has 0 spiro atoms. The van der Waals surface area contributed by atoms with E-state index in [0.29, 0.717) is 36.4 Å². The Morgan fingerprint density at radius 3 is 2.59 bits per heavy atom. The van der Waals surface area contributed by atoms with Crippen molar-refractivity contribution in [2.75, 3.05) is 14.2 Å². The number of ether oxygens (including phenoxy) is 2. The molecule has 1 aromatic carbocycles. The van der Waals surface area contributed by atoms with Gasteiger partial charge in [0.05, 0.1) is 25.4 Å². The number of hydrogen-bond donors (Lipinski definition) is 1. The van der Waals surface area contributed by atoms with Crippen LogP contribution >= 0.6 is 11.6 Å². The first-order valence-corrected chi connectivity index (χ1v) is 9.58. The maximum absolute atomic E-state index is 11.5. The molecule has 27 heavy (non-hydrogen) atoms. The van der Waals surface area contributed by atoms with Crippen LogP contribution in [0.25, 0.3) is 0 Å². The van der Waals surface area contributed by atoms with Crippen LogP contribution in [-0.2, 0) is 12.1 Å². The molecular formula is C20H24ClN3O3. The summed E-state index contributed by atoms with van der Waals surface area (Å²) in [6.07, 6.45) is 5.06. The Morgan fingerprint density at radius 1 is 1.22 bits per heavy atom. The standard InChI is InChI=1S/C20H24ClN3O3/c1-26-18-17(11-22-19(23-18)27-2)20(25)9-15-6-7-16(10-20)24(15)12-13-4-3-5-14(21)8-13/h3-5,8,11,15-16,25H,6-7,9-10,12H2,1-2H3. The van der Waals surface area contributed by atoms with E-state index in [4.69, 9.17) is 21.1 Å². The summed E-state index contributed by atoms with van der Waals surface area (Å²) in [5.41, 5.74) is 0.856. The maximum Gasteiger partial charge on any atom is 0.319 e. The molecule has 2 bridgehead atoms. The van der Waals surface area contributed by atoms with E-state index < -0.39 is 5.60 Å². The minimum absolute atomic E-state index is 0.237. The topological polar surface area (TPSA) is 67.7 Å². The molecule has 4 rings (SSSR count). The third kappa shape index (κ3) is 3.49. The predicted octanol–water partition coefficient (Wildman–Crippen LogP) is 3.16. The van der Waals surface area contributed by atoms with Crippen molar-refractivity contribution in [1.82, 2.24) is 14.9 Å². The molecule has 2 saturated heterocycles. The number of methoxy groups -OCH3 is 2. The Morgan fingerprint density at radius 2 is 1.96 bits per heavy atom. The van der Waals surface area contributed by atoms with Gasteiger partial charge >= 0.3 is 6.01 Å². The van der Waals surface area contributed by atoms with Gasteiger partial charge in [-0.2, -0.15) is 4.98 Å². The average Bonchev–Trinajstić information content (AvgIpc) is 2.91. The van der Waals surface area contributed by atoms with Crippen LogP contribution in [0.5, 0.6) is 11.9 Å². The normalized spacial score (nSPS) is 27.6. The highest BCUT2D eigenvalue weighted by molar-refractivity contribution is 6.30. The Kier molecular flexibility index (Phi) is 4.97. The van der Waals surface area contributed by atoms with Gasteiger partial charge in [0.25, 0.3) is 0 Å². The van der Waals surface area contributed by atoms with E-state index in [-0.39, 0.29) is 6.01 Å². The third-order valence-electron chi connectivity index (χ3n) is 5.78. The van der Waals surface area contributed by atoms with E-state index in [9.17, 15) is 5.11 Å². The van der Waals surface area contributed by atoms with Crippen LogP contribution in [0, 0.1) is 0 Å². The molecule has 0 radical (unpaired) electrons. The molecular weight excluding hydrogens is 366 g/mol. The lowest BCUT2D eigenvalue weighted by molar-refractivity contribution is -0.0612. The second-order valence-corrected chi connectivity index (χ2v) is 7.84. The molecule has 2 aliphatic rings. The zero-order valence-corrected chi connectivity index (χ0v) is 16.3. The first-order valence-electron chi connectivity index (χ1n) is 9.20. The Bertz CT molecular complexity index is 818. The van der Waals surface area contributed by atoms with Gasteiger partial charge in [-0.05, 0) is 43.4 Å². The molecule has 2 aromatic rings. The molecule has 144 valence electrons. The molecule has 1 N–H and O–H groups in total. The van der Waals surface area contributed by atoms with Gasteiger partial charge in [0, 0.05) is 29.8 Å². The fourth-order valence-corrected chi connectivity index (χ4v) is 4.78. The Labute approximate surface area is 164 Å². The van der Waals surface area contributed by atoms with Crippen LogP contribution in [0.4, 0.5) is 0 Å². The van der Waals surface area contributed by atoms with Gasteiger partial charge in [-0.1, -0.05) is 23.7 Å². The number of benzene rings is 1. The van der Waals surface area contributed by atoms with E-state index in [1.165, 1.54) is 12.7 Å². The predicted molar refractivity (Wildman–Crippen MR) is 102 cm³/mol. The number of hydrogen-bond acceptors (Lipinski definition) is 6. The minimum atomic E-state index is -0.992. The van der Waals surface area contributed by atoms with Crippen molar-refractivity contribution in [3.05, 3.63) is 46.6 Å². The highest BCUT2D eigenvalue weighted by Crippen LogP contribution is 2.48. The maximum atomic E-state index is 11.5. The lowest BCUT2D eigenvalue weighted by atomic mass is 9.81. The second-order valence-electron chi connectivity index (χ2n) is 7.41. The SMILES string of the molecule is COc1ncc(C2(O)CC3CCC(C2)N3Cc2cccc(Cl)c2)c(OC)n1. The van der Waals surface area contributed by atoms with E-state index >= 15 is 0 Å². The zero-order valence-electron chi connectivity index (χ0n) is 15.6. The summed E-state index contributed by atoms with van der Waals surface area (Å²) in [6.45, 7) is 0.849. The summed E-state index contributed by atoms with van der Waals surface area (Å²) in [5.74, 6) is 0.382. The summed E-state index contributed by atoms with van der Waals surface area (Å²) in [6, 6.07) is 8.85. The van der Waals surface area contributed by atoms with Crippen molar-refractivity contribution in [2.24, 2.45) is 0 Å². The molecule has 6 nitrogen and oxygen atoms in total. The zero-order chi connectivity index (χ0) is 19.0. The van der Waals surface area contributed by atoms with Gasteiger partial charge in [-0.3, -0.25) is 4.90 Å². The number of piperidine rings is 1. The highest BCUT2D eigenvalue weighted by Gasteiger charge is 2.49. The molecule has 3 heterocycles. The van der Waals surface area contributed by atoms with Crippen molar-refractivity contribution in [1.29, 1.82) is 0 Å². The number of aromatic nitrogens is 2. The van der Waals surface area contributed by atoms with Crippen molar-refractivity contribution >= 4 is 11.6 Å². The summed E-state index contributed by atoms with van der Waals surface area (Å²) in [7, 11) is 3.06. The molecule has 7 heteroatoms. The summed E-state index contributed by atoms with van der Waals surface area (Å²) in [4.78, 5) is 10.9. The second kappa shape index (κ2) is 7.26. The van der Waals surface area contributed by atoms with Crippen LogP contribution < -0.4 is 9.47 Å². The number of nitrogens with zero attached hydrogens (tertiary/aromatic N) is 3. The Balaban J connectivity index is 1.57. The van der Waals surface area contributed by atoms with E-state index in [1.54, 1.807) is 13.3 Å². The lowest BCUT2D eigenvalue weighted by Gasteiger charge is -2.44. The minimum Gasteiger partial charge on any atom is -0.481 e. The molecule has 2 unspecified atom stereocenters. The van der Waals surface area contributed by atoms with E-state index in [1.807, 2.05) is 18.2 Å². The summed E-state index contributed by atoms with van der Waals surface area (Å²) < 4.78 is 10.5. The fourth-order valence-electron chi connectivity index (χ4n) is 4.56. The van der Waals surface area contributed by atoms with Crippen LogP contribution in [-0.4, -0.2) is 46.3 Å². The van der Waals surface area contributed by atoms with Crippen molar-refractivity contribution < 1.29 is 14.6 Å². The molecule has 0 saturated carbocycles. The van der Waals surface area contributed by atoms with Crippen LogP contribution in [0.15, 0.2) is 30.5 Å². The van der Waals surface area contributed by atoms with E-state index in [0.717, 1.165) is 24.4 Å². The van der Waals surface area contributed by atoms with Crippen molar-refractivity contribution in [3.63, 3.8) is 0 Å². The highest BCUT2D eigenvalue weighted by atomic mass is 35.5. The van der Waals surface area contributed by atoms with Crippen molar-refractivity contribution in [2.45, 2.75) is 49.9 Å². The number of halogens is 1. The van der Waals surface area contributed by atoms with Crippen LogP contribution in [0.3, 0.4) is 0 Å². The first-order chi connectivity index (χ1) is 13.0. The summed E-state index contributed by atoms with van der Waals surface area (Å²) in [5, 5.41) is 12.2. The van der Waals surface area contributed by atoms with Gasteiger partial charge < -0.3 is 14.6 Å². The van der Waals surface area contributed by atoms with E-state index in [2.05, 4.69) is 20.9 Å². The molecule has 2 aliphatic heterocycles. The lowest BCUT2D eigenvalue weighted by Crippen LogP contribution is -2.49. The van der Waals surface area contributed by atoms with Crippen LogP contribution in [0.1, 0.15) is 36.8 Å². The fraction of sp³-hybridized carbons (Fsp3) is 0.500. The summed E-state index contributed by atoms with van der Waals surface area (Å²) >= 11 is 6.14. The average molecular weight is 390 g/mol.